The lowest BCUT2D eigenvalue weighted by molar-refractivity contribution is -0.117. The molecule has 14 heteroatoms. The van der Waals surface area contributed by atoms with Crippen LogP contribution in [0.15, 0.2) is 79.4 Å². The van der Waals surface area contributed by atoms with Gasteiger partial charge in [-0.1, -0.05) is 6.07 Å². The molecule has 0 bridgehead atoms. The van der Waals surface area contributed by atoms with E-state index in [1.807, 2.05) is 62.4 Å². The number of ether oxygens (including phenoxy) is 3. The molecule has 3 aliphatic rings. The molecule has 12 nitrogen and oxygen atoms in total. The lowest BCUT2D eigenvalue weighted by atomic mass is 9.94. The summed E-state index contributed by atoms with van der Waals surface area (Å²) in [5.74, 6) is -0.444. The van der Waals surface area contributed by atoms with Gasteiger partial charge in [-0.2, -0.15) is 5.10 Å². The molecule has 2 amide bonds. The molecule has 0 spiro atoms. The number of nitrogens with zero attached hydrogens (tertiary/aromatic N) is 7. The van der Waals surface area contributed by atoms with Crippen LogP contribution in [-0.4, -0.2) is 89.8 Å². The summed E-state index contributed by atoms with van der Waals surface area (Å²) in [6, 6.07) is 19.0. The van der Waals surface area contributed by atoms with Crippen LogP contribution < -0.4 is 19.4 Å². The van der Waals surface area contributed by atoms with Crippen LogP contribution in [-0.2, 0) is 21.6 Å². The quantitative estimate of drug-likeness (QED) is 0.255. The summed E-state index contributed by atoms with van der Waals surface area (Å²) >= 11 is 0. The van der Waals surface area contributed by atoms with E-state index in [9.17, 15) is 13.6 Å². The number of anilines is 3. The van der Waals surface area contributed by atoms with E-state index in [2.05, 4.69) is 19.9 Å². The summed E-state index contributed by atoms with van der Waals surface area (Å²) < 4.78 is 48.2. The molecule has 3 fully saturated rings. The van der Waals surface area contributed by atoms with Crippen LogP contribution in [0.2, 0.25) is 0 Å². The van der Waals surface area contributed by atoms with Crippen molar-refractivity contribution in [3.05, 3.63) is 96.6 Å². The molecule has 49 heavy (non-hydrogen) atoms. The Morgan fingerprint density at radius 1 is 0.959 bits per heavy atom. The van der Waals surface area contributed by atoms with E-state index in [-0.39, 0.29) is 43.9 Å². The average molecular weight is 673 g/mol. The summed E-state index contributed by atoms with van der Waals surface area (Å²) in [6.07, 6.45) is 2.10. The number of piperazine rings is 1. The minimum atomic E-state index is -1.24. The van der Waals surface area contributed by atoms with Crippen molar-refractivity contribution in [1.82, 2.24) is 19.7 Å². The molecular formula is C35H38F2N8O4. The number of carbonyl (C=O) groups is 1. The molecule has 7 rings (SSSR count). The topological polar surface area (TPSA) is 112 Å². The van der Waals surface area contributed by atoms with Gasteiger partial charge in [0, 0.05) is 60.9 Å². The maximum Gasteiger partial charge on any atom is 0.330 e. The van der Waals surface area contributed by atoms with Crippen LogP contribution in [0, 0.1) is 17.0 Å². The predicted octanol–water partition coefficient (Wildman–Crippen LogP) is 4.86. The minimum absolute atomic E-state index is 0.0270. The van der Waals surface area contributed by atoms with Crippen molar-refractivity contribution < 1.29 is 27.8 Å². The molecule has 1 N–H and O–H groups in total. The second-order valence-electron chi connectivity index (χ2n) is 12.6. The number of halogens is 2. The Bertz CT molecular complexity index is 1780. The maximum atomic E-state index is 14.9. The van der Waals surface area contributed by atoms with Crippen LogP contribution in [0.4, 0.5) is 30.6 Å². The van der Waals surface area contributed by atoms with Crippen LogP contribution in [0.25, 0.3) is 0 Å². The third kappa shape index (κ3) is 6.65. The van der Waals surface area contributed by atoms with Crippen LogP contribution in [0.1, 0.15) is 19.4 Å². The SMILES string of the molecule is CC(C)N1C(=N)CN(c2ccc(N3CCN(c4ccc(OC[C@H]5OC[C@](Cn6cncn6)(c6ccc(F)cc6F)O5)cc4)CC3)cc2)C1=O. The first-order valence-electron chi connectivity index (χ1n) is 16.3. The van der Waals surface area contributed by atoms with Crippen molar-refractivity contribution in [1.29, 1.82) is 5.41 Å². The second-order valence-corrected chi connectivity index (χ2v) is 12.6. The molecule has 4 aromatic rings. The molecule has 0 radical (unpaired) electrons. The van der Waals surface area contributed by atoms with Gasteiger partial charge in [0.1, 0.15) is 48.1 Å². The Balaban J connectivity index is 0.917. The summed E-state index contributed by atoms with van der Waals surface area (Å²) in [4.78, 5) is 24.6. The normalized spacial score (nSPS) is 21.4. The molecule has 2 atom stereocenters. The van der Waals surface area contributed by atoms with Gasteiger partial charge >= 0.3 is 6.03 Å². The van der Waals surface area contributed by atoms with Crippen molar-refractivity contribution in [2.45, 2.75) is 38.3 Å². The number of amides is 2. The number of nitrogens with one attached hydrogen (secondary N) is 1. The van der Waals surface area contributed by atoms with Gasteiger partial charge in [0.05, 0.1) is 19.7 Å². The lowest BCUT2D eigenvalue weighted by Gasteiger charge is -2.37. The highest BCUT2D eigenvalue weighted by Crippen LogP contribution is 2.37. The molecular weight excluding hydrogens is 634 g/mol. The van der Waals surface area contributed by atoms with Crippen molar-refractivity contribution in [3.8, 4) is 5.75 Å². The molecule has 1 aromatic heterocycles. The van der Waals surface area contributed by atoms with Gasteiger partial charge in [-0.25, -0.2) is 23.2 Å². The molecule has 256 valence electrons. The number of aromatic nitrogens is 3. The van der Waals surface area contributed by atoms with Gasteiger partial charge < -0.3 is 24.0 Å². The molecule has 0 aliphatic carbocycles. The Labute approximate surface area is 282 Å². The summed E-state index contributed by atoms with van der Waals surface area (Å²) in [5.41, 5.74) is 1.91. The molecule has 0 unspecified atom stereocenters. The summed E-state index contributed by atoms with van der Waals surface area (Å²) in [5, 5.41) is 12.3. The highest BCUT2D eigenvalue weighted by atomic mass is 19.1. The smallest absolute Gasteiger partial charge is 0.330 e. The molecule has 0 saturated carbocycles. The minimum Gasteiger partial charge on any atom is -0.488 e. The van der Waals surface area contributed by atoms with Crippen LogP contribution >= 0.6 is 0 Å². The number of hydrogen-bond acceptors (Lipinski definition) is 9. The van der Waals surface area contributed by atoms with Gasteiger partial charge in [-0.05, 0) is 68.4 Å². The first-order chi connectivity index (χ1) is 23.7. The van der Waals surface area contributed by atoms with Crippen LogP contribution in [0.5, 0.6) is 5.75 Å². The third-order valence-electron chi connectivity index (χ3n) is 9.11. The van der Waals surface area contributed by atoms with E-state index < -0.39 is 23.5 Å². The molecule has 3 aliphatic heterocycles. The molecule has 4 heterocycles. The first-order valence-corrected chi connectivity index (χ1v) is 16.3. The van der Waals surface area contributed by atoms with Gasteiger partial charge in [-0.3, -0.25) is 15.2 Å². The van der Waals surface area contributed by atoms with Gasteiger partial charge in [0.15, 0.2) is 6.29 Å². The fraction of sp³-hybridized carbons (Fsp3) is 0.371. The first kappa shape index (κ1) is 32.5. The van der Waals surface area contributed by atoms with E-state index in [1.165, 1.54) is 34.4 Å². The highest BCUT2D eigenvalue weighted by molar-refractivity contribution is 6.13. The van der Waals surface area contributed by atoms with Gasteiger partial charge in [0.25, 0.3) is 0 Å². The summed E-state index contributed by atoms with van der Waals surface area (Å²) in [7, 11) is 0. The van der Waals surface area contributed by atoms with Crippen molar-refractivity contribution in [2.75, 3.05) is 60.6 Å². The number of carbonyl (C=O) groups excluding carboxylic acids is 1. The highest BCUT2D eigenvalue weighted by Gasteiger charge is 2.46. The fourth-order valence-corrected chi connectivity index (χ4v) is 6.63. The monoisotopic (exact) mass is 672 g/mol. The van der Waals surface area contributed by atoms with E-state index in [0.29, 0.717) is 11.6 Å². The Kier molecular flexibility index (Phi) is 8.90. The molecule has 3 saturated heterocycles. The number of benzene rings is 3. The average Bonchev–Trinajstić information content (AvgIpc) is 3.84. The zero-order chi connectivity index (χ0) is 34.1. The van der Waals surface area contributed by atoms with Crippen molar-refractivity contribution in [3.63, 3.8) is 0 Å². The van der Waals surface area contributed by atoms with E-state index in [1.54, 1.807) is 4.90 Å². The second kappa shape index (κ2) is 13.4. The number of rotatable bonds is 10. The Morgan fingerprint density at radius 3 is 2.20 bits per heavy atom. The maximum absolute atomic E-state index is 14.9. The number of amidine groups is 1. The Morgan fingerprint density at radius 2 is 1.61 bits per heavy atom. The molecule has 3 aromatic carbocycles. The van der Waals surface area contributed by atoms with Crippen molar-refractivity contribution in [2.24, 2.45) is 0 Å². The van der Waals surface area contributed by atoms with E-state index in [4.69, 9.17) is 19.6 Å². The zero-order valence-electron chi connectivity index (χ0n) is 27.3. The Hall–Kier alpha value is -5.08. The fourth-order valence-electron chi connectivity index (χ4n) is 6.63. The van der Waals surface area contributed by atoms with Gasteiger partial charge in [0.2, 0.25) is 0 Å². The van der Waals surface area contributed by atoms with Gasteiger partial charge in [-0.15, -0.1) is 0 Å². The largest absolute Gasteiger partial charge is 0.488 e. The summed E-state index contributed by atoms with van der Waals surface area (Å²) in [6.45, 7) is 7.70. The number of urea groups is 1. The standard InChI is InChI=1S/C35H38F2N8O4/c1-24(2)45-32(38)18-44(34(45)46)28-6-4-26(5-7-28)41-13-15-42(16-14-41)27-8-10-29(11-9-27)47-19-33-48-21-35(49-33,20-43-23-39-22-40-43)30-12-3-25(36)17-31(30)37/h3-12,17,22-24,33,38H,13-16,18-21H2,1-2H3/t33-,35+/m0/s1. The van der Waals surface area contributed by atoms with E-state index in [0.717, 1.165) is 49.3 Å². The van der Waals surface area contributed by atoms with Crippen LogP contribution in [0.3, 0.4) is 0 Å². The third-order valence-corrected chi connectivity index (χ3v) is 9.11. The lowest BCUT2D eigenvalue weighted by Crippen LogP contribution is -2.46. The predicted molar refractivity (Wildman–Crippen MR) is 179 cm³/mol. The zero-order valence-corrected chi connectivity index (χ0v) is 27.3. The van der Waals surface area contributed by atoms with Crippen molar-refractivity contribution >= 4 is 28.9 Å². The van der Waals surface area contributed by atoms with E-state index >= 15 is 0 Å². The number of hydrogen-bond donors (Lipinski definition) is 1.